The molecule has 0 aliphatic carbocycles. The molecule has 19 heavy (non-hydrogen) atoms. The molecule has 1 aromatic carbocycles. The number of hydrogen-bond donors (Lipinski definition) is 1. The average molecular weight is 336 g/mol. The molecule has 0 aliphatic rings. The fourth-order valence-electron chi connectivity index (χ4n) is 1.70. The van der Waals surface area contributed by atoms with Crippen molar-refractivity contribution in [2.45, 2.75) is 6.54 Å². The number of nitrogens with two attached hydrogens (primary N) is 1. The molecule has 1 aromatic heterocycles. The van der Waals surface area contributed by atoms with E-state index in [9.17, 15) is 0 Å². The van der Waals surface area contributed by atoms with Crippen molar-refractivity contribution in [2.75, 3.05) is 11.9 Å². The molecule has 0 spiro atoms. The zero-order valence-corrected chi connectivity index (χ0v) is 12.9. The first kappa shape index (κ1) is 14.0. The van der Waals surface area contributed by atoms with Crippen molar-refractivity contribution in [1.29, 1.82) is 0 Å². The van der Waals surface area contributed by atoms with E-state index in [0.29, 0.717) is 4.99 Å². The van der Waals surface area contributed by atoms with E-state index in [1.807, 2.05) is 31.3 Å². The quantitative estimate of drug-likeness (QED) is 0.871. The fraction of sp³-hybridized carbons (Fsp3) is 0.143. The highest BCUT2D eigenvalue weighted by molar-refractivity contribution is 9.10. The molecule has 0 aliphatic heterocycles. The summed E-state index contributed by atoms with van der Waals surface area (Å²) in [6.07, 6.45) is 1.70. The Balaban J connectivity index is 2.09. The molecule has 0 radical (unpaired) electrons. The number of anilines is 1. The molecule has 0 fully saturated rings. The van der Waals surface area contributed by atoms with Gasteiger partial charge in [0.1, 0.15) is 10.8 Å². The lowest BCUT2D eigenvalue weighted by atomic mass is 10.2. The van der Waals surface area contributed by atoms with Crippen LogP contribution in [0.4, 0.5) is 5.82 Å². The van der Waals surface area contributed by atoms with Gasteiger partial charge in [0.2, 0.25) is 0 Å². The van der Waals surface area contributed by atoms with Gasteiger partial charge in [0.25, 0.3) is 0 Å². The van der Waals surface area contributed by atoms with Gasteiger partial charge in [-0.25, -0.2) is 4.98 Å². The highest BCUT2D eigenvalue weighted by Crippen LogP contribution is 2.15. The maximum atomic E-state index is 5.55. The van der Waals surface area contributed by atoms with Gasteiger partial charge < -0.3 is 10.6 Å². The van der Waals surface area contributed by atoms with Crippen LogP contribution in [-0.4, -0.2) is 17.0 Å². The number of nitrogens with zero attached hydrogens (tertiary/aromatic N) is 2. The van der Waals surface area contributed by atoms with Gasteiger partial charge in [0.05, 0.1) is 0 Å². The van der Waals surface area contributed by atoms with Crippen molar-refractivity contribution in [1.82, 2.24) is 4.98 Å². The molecular formula is C14H14BrN3S. The largest absolute Gasteiger partial charge is 0.389 e. The van der Waals surface area contributed by atoms with Gasteiger partial charge in [-0.2, -0.15) is 0 Å². The summed E-state index contributed by atoms with van der Waals surface area (Å²) >= 11 is 8.34. The van der Waals surface area contributed by atoms with Crippen LogP contribution in [0.15, 0.2) is 47.1 Å². The number of aromatic nitrogens is 1. The van der Waals surface area contributed by atoms with E-state index < -0.39 is 0 Å². The van der Waals surface area contributed by atoms with E-state index in [-0.39, 0.29) is 0 Å². The van der Waals surface area contributed by atoms with Gasteiger partial charge in [-0.05, 0) is 29.8 Å². The van der Waals surface area contributed by atoms with Gasteiger partial charge in [-0.3, -0.25) is 0 Å². The molecule has 0 atom stereocenters. The molecule has 0 amide bonds. The van der Waals surface area contributed by atoms with Gasteiger partial charge in [0.15, 0.2) is 0 Å². The lowest BCUT2D eigenvalue weighted by Gasteiger charge is -2.18. The minimum Gasteiger partial charge on any atom is -0.389 e. The first-order valence-electron chi connectivity index (χ1n) is 5.77. The summed E-state index contributed by atoms with van der Waals surface area (Å²) in [5.41, 5.74) is 7.57. The number of thiocarbonyl (C=S) groups is 1. The monoisotopic (exact) mass is 335 g/mol. The Morgan fingerprint density at radius 1 is 1.26 bits per heavy atom. The highest BCUT2D eigenvalue weighted by atomic mass is 79.9. The average Bonchev–Trinajstić information content (AvgIpc) is 2.41. The minimum absolute atomic E-state index is 0.370. The third-order valence-electron chi connectivity index (χ3n) is 2.76. The third-order valence-corrected chi connectivity index (χ3v) is 3.52. The molecule has 5 heteroatoms. The second-order valence-corrected chi connectivity index (χ2v) is 5.61. The topological polar surface area (TPSA) is 42.1 Å². The molecule has 2 rings (SSSR count). The Bertz CT molecular complexity index is 566. The molecule has 0 unspecified atom stereocenters. The summed E-state index contributed by atoms with van der Waals surface area (Å²) in [5, 5.41) is 0. The van der Waals surface area contributed by atoms with Crippen LogP contribution in [0.1, 0.15) is 11.1 Å². The zero-order valence-electron chi connectivity index (χ0n) is 10.5. The molecule has 2 aromatic rings. The van der Waals surface area contributed by atoms with Crippen molar-refractivity contribution in [2.24, 2.45) is 5.73 Å². The van der Waals surface area contributed by atoms with Crippen molar-refractivity contribution in [3.8, 4) is 0 Å². The molecular weight excluding hydrogens is 322 g/mol. The highest BCUT2D eigenvalue weighted by Gasteiger charge is 2.04. The molecule has 3 nitrogen and oxygen atoms in total. The SMILES string of the molecule is CN(Cc1ccc(Br)cc1)c1ccc(C(N)=S)cn1. The van der Waals surface area contributed by atoms with Crippen LogP contribution in [0.2, 0.25) is 0 Å². The minimum atomic E-state index is 0.370. The number of pyridine rings is 1. The summed E-state index contributed by atoms with van der Waals surface area (Å²) in [5.74, 6) is 0.892. The maximum Gasteiger partial charge on any atom is 0.128 e. The van der Waals surface area contributed by atoms with E-state index in [1.54, 1.807) is 6.20 Å². The van der Waals surface area contributed by atoms with E-state index in [2.05, 4.69) is 37.9 Å². The van der Waals surface area contributed by atoms with Gasteiger partial charge in [-0.15, -0.1) is 0 Å². The standard InChI is InChI=1S/C14H14BrN3S/c1-18(9-10-2-5-12(15)6-3-10)13-7-4-11(8-17-13)14(16)19/h2-8H,9H2,1H3,(H2,16,19). The number of benzene rings is 1. The molecule has 2 N–H and O–H groups in total. The molecule has 0 saturated heterocycles. The summed E-state index contributed by atoms with van der Waals surface area (Å²) in [6.45, 7) is 0.798. The second-order valence-electron chi connectivity index (χ2n) is 4.25. The van der Waals surface area contributed by atoms with Crippen LogP contribution in [-0.2, 0) is 6.54 Å². The predicted molar refractivity (Wildman–Crippen MR) is 86.4 cm³/mol. The van der Waals surface area contributed by atoms with Crippen LogP contribution in [0, 0.1) is 0 Å². The van der Waals surface area contributed by atoms with Crippen molar-refractivity contribution in [3.63, 3.8) is 0 Å². The maximum absolute atomic E-state index is 5.55. The normalized spacial score (nSPS) is 10.2. The van der Waals surface area contributed by atoms with Crippen LogP contribution in [0.25, 0.3) is 0 Å². The van der Waals surface area contributed by atoms with Crippen molar-refractivity contribution in [3.05, 3.63) is 58.2 Å². The molecule has 1 heterocycles. The third kappa shape index (κ3) is 3.75. The molecule has 0 bridgehead atoms. The first-order valence-corrected chi connectivity index (χ1v) is 6.98. The van der Waals surface area contributed by atoms with Crippen LogP contribution < -0.4 is 10.6 Å². The van der Waals surface area contributed by atoms with Crippen LogP contribution in [0.5, 0.6) is 0 Å². The lowest BCUT2D eigenvalue weighted by Crippen LogP contribution is -2.18. The Morgan fingerprint density at radius 2 is 1.95 bits per heavy atom. The van der Waals surface area contributed by atoms with Crippen LogP contribution in [0.3, 0.4) is 0 Å². The van der Waals surface area contributed by atoms with E-state index in [4.69, 9.17) is 18.0 Å². The summed E-state index contributed by atoms with van der Waals surface area (Å²) < 4.78 is 1.08. The van der Waals surface area contributed by atoms with Crippen molar-refractivity contribution < 1.29 is 0 Å². The second kappa shape index (κ2) is 6.12. The Kier molecular flexibility index (Phi) is 4.50. The zero-order chi connectivity index (χ0) is 13.8. The predicted octanol–water partition coefficient (Wildman–Crippen LogP) is 3.11. The van der Waals surface area contributed by atoms with Crippen molar-refractivity contribution >= 4 is 39.0 Å². The smallest absolute Gasteiger partial charge is 0.128 e. The fourth-order valence-corrected chi connectivity index (χ4v) is 2.09. The summed E-state index contributed by atoms with van der Waals surface area (Å²) in [7, 11) is 2.00. The number of rotatable bonds is 4. The van der Waals surface area contributed by atoms with Gasteiger partial charge >= 0.3 is 0 Å². The van der Waals surface area contributed by atoms with Gasteiger partial charge in [-0.1, -0.05) is 40.3 Å². The van der Waals surface area contributed by atoms with E-state index >= 15 is 0 Å². The number of halogens is 1. The summed E-state index contributed by atoms with van der Waals surface area (Å²) in [4.78, 5) is 6.81. The Morgan fingerprint density at radius 3 is 2.47 bits per heavy atom. The van der Waals surface area contributed by atoms with Crippen LogP contribution >= 0.6 is 28.1 Å². The Labute approximate surface area is 126 Å². The van der Waals surface area contributed by atoms with Gasteiger partial charge in [0, 0.05) is 29.8 Å². The van der Waals surface area contributed by atoms with E-state index in [0.717, 1.165) is 22.4 Å². The first-order chi connectivity index (χ1) is 9.06. The Hall–Kier alpha value is -1.46. The molecule has 0 saturated carbocycles. The van der Waals surface area contributed by atoms with E-state index in [1.165, 1.54) is 5.56 Å². The lowest BCUT2D eigenvalue weighted by molar-refractivity contribution is 0.897. The molecule has 98 valence electrons. The summed E-state index contributed by atoms with van der Waals surface area (Å²) in [6, 6.07) is 12.1. The number of hydrogen-bond acceptors (Lipinski definition) is 3.